The van der Waals surface area contributed by atoms with Crippen molar-refractivity contribution in [3.63, 3.8) is 0 Å². The molecule has 0 amide bonds. The zero-order chi connectivity index (χ0) is 12.5. The van der Waals surface area contributed by atoms with E-state index in [2.05, 4.69) is 36.2 Å². The van der Waals surface area contributed by atoms with Gasteiger partial charge in [-0.2, -0.15) is 0 Å². The fourth-order valence-electron chi connectivity index (χ4n) is 2.19. The van der Waals surface area contributed by atoms with Crippen molar-refractivity contribution in [2.75, 3.05) is 0 Å². The first kappa shape index (κ1) is 11.0. The van der Waals surface area contributed by atoms with Gasteiger partial charge in [-0.15, -0.1) is 0 Å². The minimum absolute atomic E-state index is 0.205. The molecule has 1 aromatic heterocycles. The summed E-state index contributed by atoms with van der Waals surface area (Å²) >= 11 is 0. The van der Waals surface area contributed by atoms with Crippen LogP contribution in [0.25, 0.3) is 22.2 Å². The lowest BCUT2D eigenvalue weighted by molar-refractivity contribution is 0.637. The summed E-state index contributed by atoms with van der Waals surface area (Å²) in [7, 11) is 0. The van der Waals surface area contributed by atoms with Crippen molar-refractivity contribution in [1.82, 2.24) is 4.98 Å². The number of rotatable bonds is 2. The van der Waals surface area contributed by atoms with E-state index in [-0.39, 0.29) is 5.82 Å². The second kappa shape index (κ2) is 4.30. The summed E-state index contributed by atoms with van der Waals surface area (Å²) < 4.78 is 13.6. The summed E-state index contributed by atoms with van der Waals surface area (Å²) in [5, 5.41) is 0.907. The number of para-hydroxylation sites is 1. The molecule has 0 atom stereocenters. The fraction of sp³-hybridized carbons (Fsp3) is 0.125. The van der Waals surface area contributed by atoms with Crippen molar-refractivity contribution >= 4 is 10.9 Å². The highest BCUT2D eigenvalue weighted by Gasteiger charge is 2.06. The molecule has 0 aliphatic rings. The van der Waals surface area contributed by atoms with Gasteiger partial charge in [-0.3, -0.25) is 0 Å². The van der Waals surface area contributed by atoms with Crippen LogP contribution in [-0.4, -0.2) is 4.98 Å². The first-order valence-electron chi connectivity index (χ1n) is 6.14. The van der Waals surface area contributed by atoms with Gasteiger partial charge < -0.3 is 4.98 Å². The summed E-state index contributed by atoms with van der Waals surface area (Å²) in [4.78, 5) is 3.14. The third-order valence-electron chi connectivity index (χ3n) is 3.28. The predicted molar refractivity (Wildman–Crippen MR) is 73.1 cm³/mol. The van der Waals surface area contributed by atoms with Crippen molar-refractivity contribution in [3.05, 3.63) is 59.9 Å². The van der Waals surface area contributed by atoms with Gasteiger partial charge in [0.05, 0.1) is 5.52 Å². The number of halogens is 1. The fourth-order valence-corrected chi connectivity index (χ4v) is 2.19. The Kier molecular flexibility index (Phi) is 2.63. The van der Waals surface area contributed by atoms with Gasteiger partial charge in [-0.1, -0.05) is 43.3 Å². The minimum Gasteiger partial charge on any atom is -0.352 e. The molecular formula is C16H14FN. The quantitative estimate of drug-likeness (QED) is 0.676. The normalized spacial score (nSPS) is 11.0. The standard InChI is InChI=1S/C16H14FN/c1-2-11-6-8-12(9-7-11)15-10-13-4-3-5-14(17)16(13)18-15/h3-10,18H,2H2,1H3. The molecule has 0 radical (unpaired) electrons. The van der Waals surface area contributed by atoms with Gasteiger partial charge in [0, 0.05) is 11.1 Å². The maximum absolute atomic E-state index is 13.6. The van der Waals surface area contributed by atoms with E-state index in [1.165, 1.54) is 11.6 Å². The smallest absolute Gasteiger partial charge is 0.147 e. The molecule has 0 aliphatic carbocycles. The van der Waals surface area contributed by atoms with E-state index in [0.717, 1.165) is 23.1 Å². The molecule has 0 saturated carbocycles. The number of aromatic amines is 1. The van der Waals surface area contributed by atoms with Gasteiger partial charge in [-0.05, 0) is 29.7 Å². The van der Waals surface area contributed by atoms with E-state index >= 15 is 0 Å². The predicted octanol–water partition coefficient (Wildman–Crippen LogP) is 4.54. The second-order valence-corrected chi connectivity index (χ2v) is 4.44. The summed E-state index contributed by atoms with van der Waals surface area (Å²) in [5.74, 6) is -0.205. The minimum atomic E-state index is -0.205. The van der Waals surface area contributed by atoms with Crippen LogP contribution in [0.3, 0.4) is 0 Å². The van der Waals surface area contributed by atoms with Crippen LogP contribution in [0.5, 0.6) is 0 Å². The number of H-pyrrole nitrogens is 1. The average Bonchev–Trinajstić information content (AvgIpc) is 2.84. The van der Waals surface area contributed by atoms with Gasteiger partial charge in [0.1, 0.15) is 5.82 Å². The summed E-state index contributed by atoms with van der Waals surface area (Å²) in [5.41, 5.74) is 3.92. The Balaban J connectivity index is 2.10. The van der Waals surface area contributed by atoms with Crippen LogP contribution >= 0.6 is 0 Å². The van der Waals surface area contributed by atoms with Crippen molar-refractivity contribution in [1.29, 1.82) is 0 Å². The van der Waals surface area contributed by atoms with E-state index in [1.807, 2.05) is 12.1 Å². The first-order chi connectivity index (χ1) is 8.78. The highest BCUT2D eigenvalue weighted by atomic mass is 19.1. The number of aryl methyl sites for hydroxylation is 1. The van der Waals surface area contributed by atoms with Crippen LogP contribution in [0.4, 0.5) is 4.39 Å². The Morgan fingerprint density at radius 1 is 1.06 bits per heavy atom. The monoisotopic (exact) mass is 239 g/mol. The molecule has 0 saturated heterocycles. The topological polar surface area (TPSA) is 15.8 Å². The lowest BCUT2D eigenvalue weighted by Crippen LogP contribution is -1.81. The molecule has 0 unspecified atom stereocenters. The van der Waals surface area contributed by atoms with Crippen LogP contribution in [0.15, 0.2) is 48.5 Å². The molecular weight excluding hydrogens is 225 g/mol. The SMILES string of the molecule is CCc1ccc(-c2cc3cccc(F)c3[nH]2)cc1. The van der Waals surface area contributed by atoms with Gasteiger partial charge in [0.2, 0.25) is 0 Å². The van der Waals surface area contributed by atoms with Crippen molar-refractivity contribution < 1.29 is 4.39 Å². The Morgan fingerprint density at radius 3 is 2.50 bits per heavy atom. The van der Waals surface area contributed by atoms with Gasteiger partial charge >= 0.3 is 0 Å². The molecule has 1 N–H and O–H groups in total. The third kappa shape index (κ3) is 1.80. The van der Waals surface area contributed by atoms with Gasteiger partial charge in [-0.25, -0.2) is 4.39 Å². The maximum Gasteiger partial charge on any atom is 0.147 e. The summed E-state index contributed by atoms with van der Waals surface area (Å²) in [6.45, 7) is 2.13. The van der Waals surface area contributed by atoms with Crippen molar-refractivity contribution in [2.24, 2.45) is 0 Å². The zero-order valence-corrected chi connectivity index (χ0v) is 10.2. The molecule has 0 spiro atoms. The van der Waals surface area contributed by atoms with E-state index in [1.54, 1.807) is 6.07 Å². The average molecular weight is 239 g/mol. The summed E-state index contributed by atoms with van der Waals surface area (Å²) in [6, 6.07) is 15.5. The molecule has 90 valence electrons. The number of fused-ring (bicyclic) bond motifs is 1. The molecule has 0 bridgehead atoms. The van der Waals surface area contributed by atoms with Gasteiger partial charge in [0.25, 0.3) is 0 Å². The number of aromatic nitrogens is 1. The largest absolute Gasteiger partial charge is 0.352 e. The summed E-state index contributed by atoms with van der Waals surface area (Å²) in [6.07, 6.45) is 1.03. The van der Waals surface area contributed by atoms with Crippen LogP contribution in [0.1, 0.15) is 12.5 Å². The molecule has 0 aliphatic heterocycles. The van der Waals surface area contributed by atoms with Gasteiger partial charge in [0.15, 0.2) is 0 Å². The highest BCUT2D eigenvalue weighted by Crippen LogP contribution is 2.25. The maximum atomic E-state index is 13.6. The Morgan fingerprint density at radius 2 is 1.83 bits per heavy atom. The lowest BCUT2D eigenvalue weighted by Gasteiger charge is -2.00. The van der Waals surface area contributed by atoms with Crippen LogP contribution in [0.2, 0.25) is 0 Å². The molecule has 3 aromatic rings. The van der Waals surface area contributed by atoms with E-state index in [0.29, 0.717) is 5.52 Å². The molecule has 1 heterocycles. The zero-order valence-electron chi connectivity index (χ0n) is 10.2. The Labute approximate surface area is 105 Å². The Hall–Kier alpha value is -2.09. The molecule has 2 heteroatoms. The van der Waals surface area contributed by atoms with Crippen LogP contribution in [-0.2, 0) is 6.42 Å². The third-order valence-corrected chi connectivity index (χ3v) is 3.28. The van der Waals surface area contributed by atoms with Crippen LogP contribution < -0.4 is 0 Å². The molecule has 3 rings (SSSR count). The number of benzene rings is 2. The number of hydrogen-bond acceptors (Lipinski definition) is 0. The highest BCUT2D eigenvalue weighted by molar-refractivity contribution is 5.86. The van der Waals surface area contributed by atoms with E-state index in [4.69, 9.17) is 0 Å². The van der Waals surface area contributed by atoms with Crippen LogP contribution in [0, 0.1) is 5.82 Å². The molecule has 2 aromatic carbocycles. The second-order valence-electron chi connectivity index (χ2n) is 4.44. The number of hydrogen-bond donors (Lipinski definition) is 1. The first-order valence-corrected chi connectivity index (χ1v) is 6.14. The Bertz CT molecular complexity index is 680. The van der Waals surface area contributed by atoms with E-state index < -0.39 is 0 Å². The molecule has 1 nitrogen and oxygen atoms in total. The number of nitrogens with one attached hydrogen (secondary N) is 1. The van der Waals surface area contributed by atoms with Crippen molar-refractivity contribution in [2.45, 2.75) is 13.3 Å². The van der Waals surface area contributed by atoms with Crippen molar-refractivity contribution in [3.8, 4) is 11.3 Å². The molecule has 0 fully saturated rings. The molecule has 18 heavy (non-hydrogen) atoms. The lowest BCUT2D eigenvalue weighted by atomic mass is 10.1. The van der Waals surface area contributed by atoms with E-state index in [9.17, 15) is 4.39 Å².